The van der Waals surface area contributed by atoms with Crippen molar-refractivity contribution < 1.29 is 37.9 Å². The number of esters is 1. The summed E-state index contributed by atoms with van der Waals surface area (Å²) in [4.78, 5) is 23.3. The van der Waals surface area contributed by atoms with Crippen LogP contribution in [0.25, 0.3) is 0 Å². The normalized spacial score (nSPS) is 15.1. The molecule has 1 heterocycles. The van der Waals surface area contributed by atoms with Crippen LogP contribution in [0.1, 0.15) is 22.8 Å². The van der Waals surface area contributed by atoms with Crippen LogP contribution >= 0.6 is 11.8 Å². The lowest BCUT2D eigenvalue weighted by Gasteiger charge is -2.30. The van der Waals surface area contributed by atoms with Crippen LogP contribution in [0.2, 0.25) is 0 Å². The van der Waals surface area contributed by atoms with Gasteiger partial charge in [-0.3, -0.25) is 0 Å². The van der Waals surface area contributed by atoms with Gasteiger partial charge in [-0.15, -0.1) is 0 Å². The topological polar surface area (TPSA) is 103 Å². The fourth-order valence-electron chi connectivity index (χ4n) is 2.59. The van der Waals surface area contributed by atoms with Crippen molar-refractivity contribution in [1.82, 2.24) is 5.32 Å². The lowest BCUT2D eigenvalue weighted by molar-refractivity contribution is -0.0265. The summed E-state index contributed by atoms with van der Waals surface area (Å²) < 4.78 is 33.4. The standard InChI is InChI=1S/C17H21BFNO7S/c1-4-24-17(22)26-9-25-16(21)14-12(19)6-5-11-7-13(18(23)27-15(11)14)20-10(2)8-28-3/h5-6,13,20,23H,2,4,7-9H2,1,3H3/t13-/m0/s1. The molecule has 0 aromatic heterocycles. The van der Waals surface area contributed by atoms with E-state index in [1.54, 1.807) is 18.7 Å². The Hall–Kier alpha value is -2.40. The number of hydrogen-bond donors (Lipinski definition) is 2. The SMILES string of the molecule is C=C(CSC)N[C@H]1Cc2ccc(F)c(C(=O)OCOC(=O)OCC)c2OB1O. The molecule has 0 unspecified atom stereocenters. The van der Waals surface area contributed by atoms with E-state index in [0.717, 1.165) is 6.07 Å². The van der Waals surface area contributed by atoms with Gasteiger partial charge in [0.15, 0.2) is 0 Å². The van der Waals surface area contributed by atoms with E-state index in [-0.39, 0.29) is 18.8 Å². The quantitative estimate of drug-likeness (QED) is 0.376. The molecule has 0 spiro atoms. The zero-order valence-electron chi connectivity index (χ0n) is 15.5. The number of fused-ring (bicyclic) bond motifs is 1. The molecule has 1 atom stereocenters. The lowest BCUT2D eigenvalue weighted by atomic mass is 9.72. The molecule has 0 saturated carbocycles. The average Bonchev–Trinajstić information content (AvgIpc) is 2.63. The van der Waals surface area contributed by atoms with Gasteiger partial charge in [-0.05, 0) is 31.2 Å². The van der Waals surface area contributed by atoms with Crippen LogP contribution in [0.15, 0.2) is 24.4 Å². The van der Waals surface area contributed by atoms with E-state index in [9.17, 15) is 19.0 Å². The van der Waals surface area contributed by atoms with Crippen LogP contribution in [0.4, 0.5) is 9.18 Å². The van der Waals surface area contributed by atoms with Crippen LogP contribution in [-0.4, -0.2) is 55.6 Å². The van der Waals surface area contributed by atoms with Crippen molar-refractivity contribution in [3.8, 4) is 5.75 Å². The minimum absolute atomic E-state index is 0.0951. The molecule has 11 heteroatoms. The number of thioether (sulfide) groups is 1. The summed E-state index contributed by atoms with van der Waals surface area (Å²) in [7, 11) is -1.32. The maximum atomic E-state index is 14.2. The van der Waals surface area contributed by atoms with Crippen molar-refractivity contribution in [2.75, 3.05) is 25.4 Å². The Morgan fingerprint density at radius 1 is 1.43 bits per heavy atom. The highest BCUT2D eigenvalue weighted by atomic mass is 32.2. The fourth-order valence-corrected chi connectivity index (χ4v) is 3.02. The largest absolute Gasteiger partial charge is 0.546 e. The number of rotatable bonds is 8. The Morgan fingerprint density at radius 3 is 2.86 bits per heavy atom. The molecule has 1 aliphatic heterocycles. The van der Waals surface area contributed by atoms with Gasteiger partial charge in [0.2, 0.25) is 6.79 Å². The smallest absolute Gasteiger partial charge is 0.534 e. The van der Waals surface area contributed by atoms with Crippen LogP contribution < -0.4 is 9.97 Å². The highest BCUT2D eigenvalue weighted by molar-refractivity contribution is 7.98. The van der Waals surface area contributed by atoms with E-state index in [0.29, 0.717) is 17.0 Å². The Morgan fingerprint density at radius 2 is 2.18 bits per heavy atom. The minimum atomic E-state index is -1.32. The van der Waals surface area contributed by atoms with Gasteiger partial charge < -0.3 is 29.2 Å². The predicted octanol–water partition coefficient (Wildman–Crippen LogP) is 1.90. The molecule has 1 aromatic carbocycles. The van der Waals surface area contributed by atoms with E-state index in [2.05, 4.69) is 21.4 Å². The summed E-state index contributed by atoms with van der Waals surface area (Å²) in [5, 5.41) is 13.3. The molecule has 2 rings (SSSR count). The van der Waals surface area contributed by atoms with Gasteiger partial charge >= 0.3 is 19.2 Å². The second-order valence-corrected chi connectivity index (χ2v) is 6.65. The maximum Gasteiger partial charge on any atom is 0.546 e. The minimum Gasteiger partial charge on any atom is -0.534 e. The molecule has 28 heavy (non-hydrogen) atoms. The van der Waals surface area contributed by atoms with Crippen molar-refractivity contribution in [1.29, 1.82) is 0 Å². The van der Waals surface area contributed by atoms with Gasteiger partial charge in [-0.1, -0.05) is 12.6 Å². The van der Waals surface area contributed by atoms with Gasteiger partial charge in [0.1, 0.15) is 17.1 Å². The van der Waals surface area contributed by atoms with E-state index in [1.807, 2.05) is 6.26 Å². The van der Waals surface area contributed by atoms with Crippen molar-refractivity contribution in [3.63, 3.8) is 0 Å². The van der Waals surface area contributed by atoms with Crippen LogP contribution in [0.5, 0.6) is 5.75 Å². The highest BCUT2D eigenvalue weighted by Crippen LogP contribution is 2.32. The third kappa shape index (κ3) is 5.55. The monoisotopic (exact) mass is 413 g/mol. The fraction of sp³-hybridized carbons (Fsp3) is 0.412. The maximum absolute atomic E-state index is 14.2. The molecule has 0 aliphatic carbocycles. The van der Waals surface area contributed by atoms with Gasteiger partial charge in [0.05, 0.1) is 12.5 Å². The van der Waals surface area contributed by atoms with Gasteiger partial charge in [0, 0.05) is 11.4 Å². The van der Waals surface area contributed by atoms with E-state index >= 15 is 0 Å². The zero-order chi connectivity index (χ0) is 20.7. The van der Waals surface area contributed by atoms with Crippen LogP contribution in [-0.2, 0) is 20.6 Å². The molecule has 0 bridgehead atoms. The lowest BCUT2D eigenvalue weighted by Crippen LogP contribution is -2.51. The molecule has 0 fully saturated rings. The molecular formula is C17H21BFNO7S. The zero-order valence-corrected chi connectivity index (χ0v) is 16.3. The third-order valence-corrected chi connectivity index (χ3v) is 4.39. The summed E-state index contributed by atoms with van der Waals surface area (Å²) in [5.74, 6) is -1.94. The molecule has 152 valence electrons. The van der Waals surface area contributed by atoms with Crippen molar-refractivity contribution in [2.24, 2.45) is 0 Å². The highest BCUT2D eigenvalue weighted by Gasteiger charge is 2.38. The third-order valence-electron chi connectivity index (χ3n) is 3.75. The second-order valence-electron chi connectivity index (χ2n) is 5.79. The molecule has 8 nitrogen and oxygen atoms in total. The first-order valence-corrected chi connectivity index (χ1v) is 9.82. The Kier molecular flexibility index (Phi) is 8.00. The molecule has 0 amide bonds. The van der Waals surface area contributed by atoms with E-state index in [1.165, 1.54) is 6.07 Å². The molecule has 2 N–H and O–H groups in total. The number of nitrogens with one attached hydrogen (secondary N) is 1. The number of ether oxygens (including phenoxy) is 3. The van der Waals surface area contributed by atoms with Crippen molar-refractivity contribution in [2.45, 2.75) is 19.3 Å². The molecular weight excluding hydrogens is 392 g/mol. The summed E-state index contributed by atoms with van der Waals surface area (Å²) in [6.07, 6.45) is 1.18. The second kappa shape index (κ2) is 10.2. The first kappa shape index (κ1) is 21.9. The van der Waals surface area contributed by atoms with Gasteiger partial charge in [-0.2, -0.15) is 11.8 Å². The van der Waals surface area contributed by atoms with Crippen LogP contribution in [0.3, 0.4) is 0 Å². The van der Waals surface area contributed by atoms with E-state index in [4.69, 9.17) is 9.39 Å². The summed E-state index contributed by atoms with van der Waals surface area (Å²) in [5.41, 5.74) is 0.742. The summed E-state index contributed by atoms with van der Waals surface area (Å²) in [6, 6.07) is 2.57. The summed E-state index contributed by atoms with van der Waals surface area (Å²) >= 11 is 1.57. The predicted molar refractivity (Wildman–Crippen MR) is 102 cm³/mol. The number of halogens is 1. The Balaban J connectivity index is 2.11. The number of hydrogen-bond acceptors (Lipinski definition) is 9. The Labute approximate surface area is 166 Å². The Bertz CT molecular complexity index is 748. The number of benzene rings is 1. The number of carbonyl (C=O) groups is 2. The first-order valence-electron chi connectivity index (χ1n) is 8.43. The molecule has 1 aromatic rings. The van der Waals surface area contributed by atoms with Gasteiger partial charge in [0.25, 0.3) is 0 Å². The molecule has 1 aliphatic rings. The molecule has 0 saturated heterocycles. The van der Waals surface area contributed by atoms with Crippen molar-refractivity contribution in [3.05, 3.63) is 41.4 Å². The van der Waals surface area contributed by atoms with Crippen LogP contribution in [0, 0.1) is 5.82 Å². The van der Waals surface area contributed by atoms with E-state index < -0.39 is 43.4 Å². The number of carbonyl (C=O) groups excluding carboxylic acids is 2. The average molecular weight is 413 g/mol. The first-order chi connectivity index (χ1) is 13.4. The van der Waals surface area contributed by atoms with Crippen molar-refractivity contribution >= 4 is 31.0 Å². The molecule has 0 radical (unpaired) electrons. The summed E-state index contributed by atoms with van der Waals surface area (Å²) in [6.45, 7) is 4.80. The van der Waals surface area contributed by atoms with Gasteiger partial charge in [-0.25, -0.2) is 14.0 Å².